The normalized spacial score (nSPS) is 43.7. The van der Waals surface area contributed by atoms with E-state index >= 15 is 0 Å². The molecule has 9 heavy (non-hydrogen) atoms. The Bertz CT molecular complexity index is 103. The van der Waals surface area contributed by atoms with Gasteiger partial charge in [0.15, 0.2) is 0 Å². The smallest absolute Gasteiger partial charge is 0.0658 e. The van der Waals surface area contributed by atoms with Gasteiger partial charge in [-0.25, -0.2) is 0 Å². The zero-order chi connectivity index (χ0) is 6.91. The first-order chi connectivity index (χ1) is 4.16. The molecule has 54 valence electrons. The summed E-state index contributed by atoms with van der Waals surface area (Å²) in [6.07, 6.45) is 1.15. The SMILES string of the molecule is CCC1(C)NCC(C)N1. The van der Waals surface area contributed by atoms with Gasteiger partial charge in [0.25, 0.3) is 0 Å². The second kappa shape index (κ2) is 2.27. The summed E-state index contributed by atoms with van der Waals surface area (Å²) in [6.45, 7) is 7.70. The highest BCUT2D eigenvalue weighted by Crippen LogP contribution is 2.10. The van der Waals surface area contributed by atoms with E-state index in [0.717, 1.165) is 13.0 Å². The lowest BCUT2D eigenvalue weighted by Gasteiger charge is -2.22. The summed E-state index contributed by atoms with van der Waals surface area (Å²) in [5, 5.41) is 6.89. The monoisotopic (exact) mass is 128 g/mol. The maximum absolute atomic E-state index is 3.47. The molecule has 2 nitrogen and oxygen atoms in total. The predicted octanol–water partition coefficient (Wildman–Crippen LogP) is 0.694. The van der Waals surface area contributed by atoms with Crippen molar-refractivity contribution in [2.45, 2.75) is 38.9 Å². The van der Waals surface area contributed by atoms with Crippen molar-refractivity contribution >= 4 is 0 Å². The molecule has 0 saturated carbocycles. The first-order valence-corrected chi connectivity index (χ1v) is 3.69. The van der Waals surface area contributed by atoms with Crippen LogP contribution >= 0.6 is 0 Å². The second-order valence-corrected chi connectivity index (χ2v) is 3.11. The van der Waals surface area contributed by atoms with Crippen LogP contribution in [0, 0.1) is 0 Å². The van der Waals surface area contributed by atoms with Gasteiger partial charge in [0.2, 0.25) is 0 Å². The Balaban J connectivity index is 2.45. The zero-order valence-electron chi connectivity index (χ0n) is 6.49. The van der Waals surface area contributed by atoms with Crippen LogP contribution in [0.25, 0.3) is 0 Å². The first kappa shape index (κ1) is 7.03. The quantitative estimate of drug-likeness (QED) is 0.543. The molecule has 1 aliphatic rings. The van der Waals surface area contributed by atoms with Gasteiger partial charge in [-0.05, 0) is 20.3 Å². The van der Waals surface area contributed by atoms with Crippen LogP contribution in [0.4, 0.5) is 0 Å². The molecule has 0 radical (unpaired) electrons. The van der Waals surface area contributed by atoms with E-state index < -0.39 is 0 Å². The summed E-state index contributed by atoms with van der Waals surface area (Å²) < 4.78 is 0. The van der Waals surface area contributed by atoms with Crippen molar-refractivity contribution in [1.29, 1.82) is 0 Å². The lowest BCUT2D eigenvalue weighted by atomic mass is 10.1. The zero-order valence-corrected chi connectivity index (χ0v) is 6.49. The Morgan fingerprint density at radius 1 is 1.67 bits per heavy atom. The number of rotatable bonds is 1. The molecule has 1 fully saturated rings. The van der Waals surface area contributed by atoms with Crippen LogP contribution in [-0.2, 0) is 0 Å². The highest BCUT2D eigenvalue weighted by atomic mass is 15.3. The van der Waals surface area contributed by atoms with Gasteiger partial charge in [0.05, 0.1) is 5.66 Å². The molecule has 2 heteroatoms. The third kappa shape index (κ3) is 1.43. The summed E-state index contributed by atoms with van der Waals surface area (Å²) in [4.78, 5) is 0. The lowest BCUT2D eigenvalue weighted by molar-refractivity contribution is 0.347. The third-order valence-electron chi connectivity index (χ3n) is 2.07. The number of hydrogen-bond acceptors (Lipinski definition) is 2. The maximum atomic E-state index is 3.47. The summed E-state index contributed by atoms with van der Waals surface area (Å²) in [5.74, 6) is 0. The van der Waals surface area contributed by atoms with Crippen molar-refractivity contribution in [3.63, 3.8) is 0 Å². The summed E-state index contributed by atoms with van der Waals surface area (Å²) in [5.41, 5.74) is 0.208. The van der Waals surface area contributed by atoms with Gasteiger partial charge >= 0.3 is 0 Å². The van der Waals surface area contributed by atoms with E-state index in [1.54, 1.807) is 0 Å². The molecular formula is C7H16N2. The summed E-state index contributed by atoms with van der Waals surface area (Å²) >= 11 is 0. The van der Waals surface area contributed by atoms with E-state index in [9.17, 15) is 0 Å². The molecule has 0 spiro atoms. The van der Waals surface area contributed by atoms with Crippen LogP contribution in [0.2, 0.25) is 0 Å². The van der Waals surface area contributed by atoms with Crippen LogP contribution < -0.4 is 10.6 Å². The van der Waals surface area contributed by atoms with Gasteiger partial charge in [0, 0.05) is 12.6 Å². The van der Waals surface area contributed by atoms with Crippen molar-refractivity contribution in [1.82, 2.24) is 10.6 Å². The molecule has 0 aromatic heterocycles. The molecule has 1 saturated heterocycles. The largest absolute Gasteiger partial charge is 0.298 e. The Morgan fingerprint density at radius 3 is 2.56 bits per heavy atom. The molecule has 1 rings (SSSR count). The molecule has 2 atom stereocenters. The maximum Gasteiger partial charge on any atom is 0.0658 e. The Hall–Kier alpha value is -0.0800. The van der Waals surface area contributed by atoms with E-state index in [2.05, 4.69) is 31.4 Å². The minimum Gasteiger partial charge on any atom is -0.298 e. The molecule has 1 aliphatic heterocycles. The average molecular weight is 128 g/mol. The van der Waals surface area contributed by atoms with E-state index in [-0.39, 0.29) is 5.66 Å². The Labute approximate surface area is 57.0 Å². The van der Waals surface area contributed by atoms with Crippen LogP contribution in [0.1, 0.15) is 27.2 Å². The molecule has 0 aromatic rings. The van der Waals surface area contributed by atoms with Gasteiger partial charge in [0.1, 0.15) is 0 Å². The van der Waals surface area contributed by atoms with Crippen LogP contribution in [0.3, 0.4) is 0 Å². The van der Waals surface area contributed by atoms with E-state index in [4.69, 9.17) is 0 Å². The summed E-state index contributed by atoms with van der Waals surface area (Å²) in [6, 6.07) is 0.634. The Morgan fingerprint density at radius 2 is 2.33 bits per heavy atom. The van der Waals surface area contributed by atoms with Crippen molar-refractivity contribution in [3.05, 3.63) is 0 Å². The fraction of sp³-hybridized carbons (Fsp3) is 1.00. The molecule has 0 aromatic carbocycles. The number of nitrogens with one attached hydrogen (secondary N) is 2. The molecule has 2 N–H and O–H groups in total. The molecule has 1 heterocycles. The highest BCUT2D eigenvalue weighted by molar-refractivity contribution is 4.89. The minimum atomic E-state index is 0.208. The van der Waals surface area contributed by atoms with Crippen LogP contribution in [0.15, 0.2) is 0 Å². The molecule has 2 unspecified atom stereocenters. The molecule has 0 bridgehead atoms. The highest BCUT2D eigenvalue weighted by Gasteiger charge is 2.28. The van der Waals surface area contributed by atoms with Crippen LogP contribution in [0.5, 0.6) is 0 Å². The first-order valence-electron chi connectivity index (χ1n) is 3.69. The van der Waals surface area contributed by atoms with Gasteiger partial charge in [-0.2, -0.15) is 0 Å². The molecule has 0 aliphatic carbocycles. The fourth-order valence-corrected chi connectivity index (χ4v) is 1.25. The van der Waals surface area contributed by atoms with Crippen molar-refractivity contribution < 1.29 is 0 Å². The van der Waals surface area contributed by atoms with Gasteiger partial charge in [-0.15, -0.1) is 0 Å². The third-order valence-corrected chi connectivity index (χ3v) is 2.07. The minimum absolute atomic E-state index is 0.208. The fourth-order valence-electron chi connectivity index (χ4n) is 1.25. The van der Waals surface area contributed by atoms with Gasteiger partial charge in [-0.3, -0.25) is 10.6 Å². The standard InChI is InChI=1S/C7H16N2/c1-4-7(3)8-5-6(2)9-7/h6,8-9H,4-5H2,1-3H3. The second-order valence-electron chi connectivity index (χ2n) is 3.11. The van der Waals surface area contributed by atoms with E-state index in [0.29, 0.717) is 6.04 Å². The predicted molar refractivity (Wildman–Crippen MR) is 39.3 cm³/mol. The molecular weight excluding hydrogens is 112 g/mol. The van der Waals surface area contributed by atoms with E-state index in [1.807, 2.05) is 0 Å². The summed E-state index contributed by atoms with van der Waals surface area (Å²) in [7, 11) is 0. The van der Waals surface area contributed by atoms with Gasteiger partial charge < -0.3 is 0 Å². The average Bonchev–Trinajstić information content (AvgIpc) is 2.13. The Kier molecular flexibility index (Phi) is 1.78. The van der Waals surface area contributed by atoms with Crippen molar-refractivity contribution in [3.8, 4) is 0 Å². The van der Waals surface area contributed by atoms with Crippen molar-refractivity contribution in [2.75, 3.05) is 6.54 Å². The topological polar surface area (TPSA) is 24.1 Å². The van der Waals surface area contributed by atoms with E-state index in [1.165, 1.54) is 0 Å². The van der Waals surface area contributed by atoms with Crippen molar-refractivity contribution in [2.24, 2.45) is 0 Å². The van der Waals surface area contributed by atoms with Gasteiger partial charge in [-0.1, -0.05) is 6.92 Å². The van der Waals surface area contributed by atoms with Crippen LogP contribution in [-0.4, -0.2) is 18.2 Å². The number of hydrogen-bond donors (Lipinski definition) is 2. The molecule has 0 amide bonds. The lowest BCUT2D eigenvalue weighted by Crippen LogP contribution is -2.46.